The van der Waals surface area contributed by atoms with E-state index in [1.165, 1.54) is 24.2 Å². The van der Waals surface area contributed by atoms with E-state index in [0.717, 1.165) is 70.0 Å². The van der Waals surface area contributed by atoms with Crippen LogP contribution in [0.2, 0.25) is 0 Å². The summed E-state index contributed by atoms with van der Waals surface area (Å²) < 4.78 is 7.48. The van der Waals surface area contributed by atoms with Gasteiger partial charge in [0.2, 0.25) is 0 Å². The van der Waals surface area contributed by atoms with Crippen LogP contribution >= 0.6 is 0 Å². The number of benzene rings is 1. The third kappa shape index (κ3) is 5.33. The molecule has 4 rings (SSSR count). The molecule has 1 aromatic heterocycles. The third-order valence-corrected chi connectivity index (χ3v) is 6.15. The molecule has 3 heterocycles. The second kappa shape index (κ2) is 9.98. The monoisotopic (exact) mass is 411 g/mol. The van der Waals surface area contributed by atoms with E-state index in [0.29, 0.717) is 6.54 Å². The van der Waals surface area contributed by atoms with Crippen LogP contribution in [0.1, 0.15) is 29.9 Å². The number of carbonyl (C=O) groups is 1. The SMILES string of the molecule is COc1ccc(CCN2CCN(C(=O)NCCc3cn4c(n3)CCCC4)CC2)cc1. The Hall–Kier alpha value is -2.54. The molecule has 1 N–H and O–H groups in total. The van der Waals surface area contributed by atoms with Gasteiger partial charge in [-0.2, -0.15) is 0 Å². The predicted molar refractivity (Wildman–Crippen MR) is 117 cm³/mol. The number of nitrogens with one attached hydrogen (secondary N) is 1. The van der Waals surface area contributed by atoms with Crippen molar-refractivity contribution in [1.29, 1.82) is 0 Å². The molecular formula is C23H33N5O2. The van der Waals surface area contributed by atoms with Gasteiger partial charge in [-0.1, -0.05) is 12.1 Å². The summed E-state index contributed by atoms with van der Waals surface area (Å²) in [6.07, 6.45) is 7.53. The zero-order chi connectivity index (χ0) is 20.8. The van der Waals surface area contributed by atoms with Gasteiger partial charge in [-0.25, -0.2) is 9.78 Å². The molecule has 2 aliphatic heterocycles. The number of hydrogen-bond donors (Lipinski definition) is 1. The molecule has 0 aliphatic carbocycles. The predicted octanol–water partition coefficient (Wildman–Crippen LogP) is 2.34. The van der Waals surface area contributed by atoms with Crippen LogP contribution in [0, 0.1) is 0 Å². The lowest BCUT2D eigenvalue weighted by Gasteiger charge is -2.34. The first kappa shape index (κ1) is 20.7. The van der Waals surface area contributed by atoms with Crippen molar-refractivity contribution in [3.05, 3.63) is 47.5 Å². The molecule has 1 fully saturated rings. The smallest absolute Gasteiger partial charge is 0.317 e. The molecule has 2 aromatic rings. The number of methoxy groups -OCH3 is 1. The molecule has 2 amide bonds. The highest BCUT2D eigenvalue weighted by atomic mass is 16.5. The minimum atomic E-state index is 0.0498. The summed E-state index contributed by atoms with van der Waals surface area (Å²) in [7, 11) is 1.69. The van der Waals surface area contributed by atoms with Crippen LogP contribution in [0.5, 0.6) is 5.75 Å². The molecule has 0 saturated carbocycles. The highest BCUT2D eigenvalue weighted by Crippen LogP contribution is 2.15. The number of ether oxygens (including phenoxy) is 1. The van der Waals surface area contributed by atoms with E-state index < -0.39 is 0 Å². The van der Waals surface area contributed by atoms with Crippen LogP contribution in [0.25, 0.3) is 0 Å². The number of urea groups is 1. The summed E-state index contributed by atoms with van der Waals surface area (Å²) in [6.45, 7) is 6.17. The summed E-state index contributed by atoms with van der Waals surface area (Å²) in [4.78, 5) is 21.6. The van der Waals surface area contributed by atoms with Crippen molar-refractivity contribution in [1.82, 2.24) is 24.7 Å². The Kier molecular flexibility index (Phi) is 6.89. The maximum Gasteiger partial charge on any atom is 0.317 e. The molecule has 0 radical (unpaired) electrons. The largest absolute Gasteiger partial charge is 0.497 e. The molecular weight excluding hydrogens is 378 g/mol. The van der Waals surface area contributed by atoms with Crippen molar-refractivity contribution in [3.63, 3.8) is 0 Å². The van der Waals surface area contributed by atoms with Crippen LogP contribution in [-0.4, -0.2) is 71.8 Å². The van der Waals surface area contributed by atoms with Crippen LogP contribution in [0.15, 0.2) is 30.5 Å². The molecule has 0 unspecified atom stereocenters. The molecule has 30 heavy (non-hydrogen) atoms. The van der Waals surface area contributed by atoms with Gasteiger partial charge in [0, 0.05) is 64.9 Å². The molecule has 1 saturated heterocycles. The number of piperazine rings is 1. The fourth-order valence-corrected chi connectivity index (χ4v) is 4.26. The van der Waals surface area contributed by atoms with E-state index in [4.69, 9.17) is 9.72 Å². The van der Waals surface area contributed by atoms with Gasteiger partial charge < -0.3 is 19.5 Å². The maximum absolute atomic E-state index is 12.5. The Balaban J connectivity index is 1.14. The van der Waals surface area contributed by atoms with Crippen molar-refractivity contribution in [2.75, 3.05) is 46.4 Å². The Bertz CT molecular complexity index is 801. The fourth-order valence-electron chi connectivity index (χ4n) is 4.26. The van der Waals surface area contributed by atoms with E-state index in [-0.39, 0.29) is 6.03 Å². The topological polar surface area (TPSA) is 62.6 Å². The molecule has 162 valence electrons. The summed E-state index contributed by atoms with van der Waals surface area (Å²) in [6, 6.07) is 8.32. The van der Waals surface area contributed by atoms with E-state index in [1.807, 2.05) is 17.0 Å². The average Bonchev–Trinajstić information content (AvgIpc) is 3.21. The molecule has 0 bridgehead atoms. The van der Waals surface area contributed by atoms with Crippen molar-refractivity contribution < 1.29 is 9.53 Å². The number of aryl methyl sites for hydroxylation is 2. The standard InChI is InChI=1S/C23H33N5O2/c1-30-21-7-5-19(6-8-21)10-13-26-14-16-27(17-15-26)23(29)24-11-9-20-18-28-12-3-2-4-22(28)25-20/h5-8,18H,2-4,9-17H2,1H3,(H,24,29). The van der Waals surface area contributed by atoms with Gasteiger partial charge in [0.1, 0.15) is 11.6 Å². The number of carbonyl (C=O) groups excluding carboxylic acids is 1. The lowest BCUT2D eigenvalue weighted by molar-refractivity contribution is 0.140. The number of imidazole rings is 1. The summed E-state index contributed by atoms with van der Waals surface area (Å²) >= 11 is 0. The van der Waals surface area contributed by atoms with Crippen molar-refractivity contribution in [2.24, 2.45) is 0 Å². The number of fused-ring (bicyclic) bond motifs is 1. The number of amides is 2. The second-order valence-corrected chi connectivity index (χ2v) is 8.21. The highest BCUT2D eigenvalue weighted by Gasteiger charge is 2.20. The van der Waals surface area contributed by atoms with Crippen LogP contribution in [0.4, 0.5) is 4.79 Å². The van der Waals surface area contributed by atoms with Gasteiger partial charge >= 0.3 is 6.03 Å². The molecule has 2 aliphatic rings. The zero-order valence-electron chi connectivity index (χ0n) is 18.0. The minimum Gasteiger partial charge on any atom is -0.497 e. The second-order valence-electron chi connectivity index (χ2n) is 8.21. The molecule has 7 heteroatoms. The first-order chi connectivity index (χ1) is 14.7. The normalized spacial score (nSPS) is 16.9. The first-order valence-corrected chi connectivity index (χ1v) is 11.1. The molecule has 0 atom stereocenters. The maximum atomic E-state index is 12.5. The van der Waals surface area contributed by atoms with Crippen molar-refractivity contribution >= 4 is 6.03 Å². The lowest BCUT2D eigenvalue weighted by atomic mass is 10.1. The molecule has 0 spiro atoms. The zero-order valence-corrected chi connectivity index (χ0v) is 18.0. The minimum absolute atomic E-state index is 0.0498. The number of hydrogen-bond acceptors (Lipinski definition) is 4. The van der Waals surface area contributed by atoms with Crippen LogP contribution in [-0.2, 0) is 25.8 Å². The molecule has 1 aromatic carbocycles. The van der Waals surface area contributed by atoms with Gasteiger partial charge in [-0.05, 0) is 37.0 Å². The van der Waals surface area contributed by atoms with E-state index in [9.17, 15) is 4.79 Å². The van der Waals surface area contributed by atoms with Gasteiger partial charge in [-0.3, -0.25) is 4.90 Å². The Morgan fingerprint density at radius 2 is 1.87 bits per heavy atom. The number of aromatic nitrogens is 2. The van der Waals surface area contributed by atoms with Gasteiger partial charge in [0.05, 0.1) is 12.8 Å². The summed E-state index contributed by atoms with van der Waals surface area (Å²) in [5.41, 5.74) is 2.41. The van der Waals surface area contributed by atoms with Gasteiger partial charge in [-0.15, -0.1) is 0 Å². The van der Waals surface area contributed by atoms with Gasteiger partial charge in [0.15, 0.2) is 0 Å². The Morgan fingerprint density at radius 1 is 1.07 bits per heavy atom. The van der Waals surface area contributed by atoms with Crippen LogP contribution < -0.4 is 10.1 Å². The third-order valence-electron chi connectivity index (χ3n) is 6.15. The summed E-state index contributed by atoms with van der Waals surface area (Å²) in [5, 5.41) is 3.07. The summed E-state index contributed by atoms with van der Waals surface area (Å²) in [5.74, 6) is 2.10. The lowest BCUT2D eigenvalue weighted by Crippen LogP contribution is -2.52. The van der Waals surface area contributed by atoms with Crippen LogP contribution in [0.3, 0.4) is 0 Å². The first-order valence-electron chi connectivity index (χ1n) is 11.1. The van der Waals surface area contributed by atoms with E-state index in [1.54, 1.807) is 7.11 Å². The highest BCUT2D eigenvalue weighted by molar-refractivity contribution is 5.74. The van der Waals surface area contributed by atoms with Gasteiger partial charge in [0.25, 0.3) is 0 Å². The van der Waals surface area contributed by atoms with Crippen molar-refractivity contribution in [3.8, 4) is 5.75 Å². The average molecular weight is 412 g/mol. The quantitative estimate of drug-likeness (QED) is 0.760. The number of rotatable bonds is 7. The van der Waals surface area contributed by atoms with E-state index in [2.05, 4.69) is 33.1 Å². The molecule has 7 nitrogen and oxygen atoms in total. The fraction of sp³-hybridized carbons (Fsp3) is 0.565. The Labute approximate surface area is 179 Å². The van der Waals surface area contributed by atoms with Crippen molar-refractivity contribution in [2.45, 2.75) is 38.6 Å². The van der Waals surface area contributed by atoms with E-state index >= 15 is 0 Å². The Morgan fingerprint density at radius 3 is 2.60 bits per heavy atom. The number of nitrogens with zero attached hydrogens (tertiary/aromatic N) is 4.